The second-order valence-corrected chi connectivity index (χ2v) is 12.4. The molecule has 0 bridgehead atoms. The van der Waals surface area contributed by atoms with Gasteiger partial charge < -0.3 is 10.6 Å². The van der Waals surface area contributed by atoms with Gasteiger partial charge in [-0.1, -0.05) is 49.7 Å². The van der Waals surface area contributed by atoms with Crippen LogP contribution in [0.25, 0.3) is 32.5 Å². The quantitative estimate of drug-likeness (QED) is 0.133. The summed E-state index contributed by atoms with van der Waals surface area (Å²) in [5.74, 6) is 1.04. The average Bonchev–Trinajstić information content (AvgIpc) is 3.78. The summed E-state index contributed by atoms with van der Waals surface area (Å²) in [5, 5.41) is 21.6. The number of pyridine rings is 1. The van der Waals surface area contributed by atoms with Gasteiger partial charge >= 0.3 is 6.03 Å². The Hall–Kier alpha value is -5.67. The number of nitrogens with zero attached hydrogens (tertiary/aromatic N) is 8. The molecule has 0 fully saturated rings. The molecule has 2 aromatic carbocycles. The summed E-state index contributed by atoms with van der Waals surface area (Å²) in [5.41, 5.74) is 4.75. The van der Waals surface area contributed by atoms with Crippen molar-refractivity contribution >= 4 is 39.4 Å². The normalized spacial score (nSPS) is 11.6. The summed E-state index contributed by atoms with van der Waals surface area (Å²) in [7, 11) is 1.88. The number of aromatic nitrogens is 6. The minimum atomic E-state index is -0.210. The predicted molar refractivity (Wildman–Crippen MR) is 189 cm³/mol. The molecule has 242 valence electrons. The number of hydrogen-bond acceptors (Lipinski definition) is 9. The van der Waals surface area contributed by atoms with E-state index in [0.717, 1.165) is 51.6 Å². The van der Waals surface area contributed by atoms with E-state index in [9.17, 15) is 10.1 Å². The van der Waals surface area contributed by atoms with Gasteiger partial charge in [0.2, 0.25) is 5.95 Å². The molecule has 0 aliphatic rings. The third kappa shape index (κ3) is 7.82. The van der Waals surface area contributed by atoms with E-state index in [1.54, 1.807) is 28.2 Å². The van der Waals surface area contributed by atoms with E-state index in [1.165, 1.54) is 11.5 Å². The van der Waals surface area contributed by atoms with Crippen LogP contribution in [-0.4, -0.2) is 47.7 Å². The van der Waals surface area contributed by atoms with Gasteiger partial charge in [-0.05, 0) is 60.6 Å². The molecule has 0 aliphatic carbocycles. The van der Waals surface area contributed by atoms with Crippen molar-refractivity contribution < 1.29 is 4.79 Å². The number of hydrogen-bond donors (Lipinski definition) is 2. The zero-order chi connectivity index (χ0) is 33.3. The number of fused-ring (bicyclic) bond motifs is 1. The molecule has 0 saturated heterocycles. The van der Waals surface area contributed by atoms with E-state index in [-0.39, 0.29) is 12.1 Å². The number of anilines is 2. The summed E-state index contributed by atoms with van der Waals surface area (Å²) in [6.07, 6.45) is 12.2. The highest BCUT2D eigenvalue weighted by molar-refractivity contribution is 7.13. The van der Waals surface area contributed by atoms with Crippen molar-refractivity contribution in [1.29, 1.82) is 5.26 Å². The van der Waals surface area contributed by atoms with Crippen molar-refractivity contribution in [1.82, 2.24) is 34.4 Å². The van der Waals surface area contributed by atoms with Crippen LogP contribution in [0.4, 0.5) is 16.6 Å². The Bertz CT molecular complexity index is 2020. The number of aryl methyl sites for hydroxylation is 1. The van der Waals surface area contributed by atoms with Crippen LogP contribution in [0.2, 0.25) is 0 Å². The first kappa shape index (κ1) is 32.3. The molecule has 0 spiro atoms. The molecule has 48 heavy (non-hydrogen) atoms. The van der Waals surface area contributed by atoms with Gasteiger partial charge in [0.05, 0.1) is 28.4 Å². The number of carbonyl (C=O) groups excluding carboxylic acids is 1. The Morgan fingerprint density at radius 2 is 1.85 bits per heavy atom. The predicted octanol–water partition coefficient (Wildman–Crippen LogP) is 7.20. The van der Waals surface area contributed by atoms with Crippen molar-refractivity contribution in [3.8, 4) is 28.5 Å². The molecule has 2 N–H and O–H groups in total. The van der Waals surface area contributed by atoms with Gasteiger partial charge in [-0.15, -0.1) is 0 Å². The summed E-state index contributed by atoms with van der Waals surface area (Å²) < 4.78 is 7.09. The Morgan fingerprint density at radius 3 is 2.60 bits per heavy atom. The van der Waals surface area contributed by atoms with Crippen molar-refractivity contribution in [3.05, 3.63) is 103 Å². The first-order valence-corrected chi connectivity index (χ1v) is 16.7. The molecule has 4 heterocycles. The Labute approximate surface area is 283 Å². The summed E-state index contributed by atoms with van der Waals surface area (Å²) in [6, 6.07) is 21.7. The Balaban J connectivity index is 1.16. The fraction of sp³-hybridized carbons (Fsp3) is 0.250. The van der Waals surface area contributed by atoms with Crippen LogP contribution in [0, 0.1) is 11.3 Å². The maximum atomic E-state index is 13.6. The van der Waals surface area contributed by atoms with Crippen molar-refractivity contribution in [2.45, 2.75) is 45.2 Å². The molecule has 0 saturated carbocycles. The average molecular weight is 657 g/mol. The molecule has 0 unspecified atom stereocenters. The highest BCUT2D eigenvalue weighted by Gasteiger charge is 2.19. The van der Waals surface area contributed by atoms with Crippen LogP contribution < -0.4 is 15.5 Å². The van der Waals surface area contributed by atoms with Crippen LogP contribution in [0.3, 0.4) is 0 Å². The van der Waals surface area contributed by atoms with Gasteiger partial charge in [-0.3, -0.25) is 9.58 Å². The smallest absolute Gasteiger partial charge is 0.323 e. The Morgan fingerprint density at radius 1 is 1.00 bits per heavy atom. The zero-order valence-electron chi connectivity index (χ0n) is 26.9. The van der Waals surface area contributed by atoms with Crippen LogP contribution in [0.15, 0.2) is 91.6 Å². The van der Waals surface area contributed by atoms with Gasteiger partial charge in [-0.2, -0.15) is 14.7 Å². The van der Waals surface area contributed by atoms with Crippen LogP contribution >= 0.6 is 11.5 Å². The zero-order valence-corrected chi connectivity index (χ0v) is 27.7. The summed E-state index contributed by atoms with van der Waals surface area (Å²) >= 11 is 1.43. The van der Waals surface area contributed by atoms with E-state index in [0.29, 0.717) is 42.5 Å². The van der Waals surface area contributed by atoms with Gasteiger partial charge in [0.25, 0.3) is 0 Å². The number of urea groups is 1. The first-order chi connectivity index (χ1) is 23.5. The van der Waals surface area contributed by atoms with Crippen molar-refractivity contribution in [2.24, 2.45) is 7.05 Å². The van der Waals surface area contributed by atoms with Crippen LogP contribution in [-0.2, 0) is 13.6 Å². The second kappa shape index (κ2) is 15.3. The largest absolute Gasteiger partial charge is 0.351 e. The number of nitrogens with one attached hydrogen (secondary N) is 2. The molecule has 12 heteroatoms. The van der Waals surface area contributed by atoms with Crippen LogP contribution in [0.5, 0.6) is 0 Å². The molecule has 1 atom stereocenters. The number of rotatable bonds is 13. The van der Waals surface area contributed by atoms with Gasteiger partial charge in [0.1, 0.15) is 11.9 Å². The van der Waals surface area contributed by atoms with E-state index < -0.39 is 0 Å². The highest BCUT2D eigenvalue weighted by atomic mass is 32.1. The topological polar surface area (TPSA) is 138 Å². The van der Waals surface area contributed by atoms with E-state index >= 15 is 0 Å². The maximum absolute atomic E-state index is 13.6. The van der Waals surface area contributed by atoms with Crippen molar-refractivity contribution in [2.75, 3.05) is 16.8 Å². The molecule has 11 nitrogen and oxygen atoms in total. The number of amides is 2. The monoisotopic (exact) mass is 656 g/mol. The van der Waals surface area contributed by atoms with E-state index in [2.05, 4.69) is 43.1 Å². The molecule has 4 aromatic heterocycles. The lowest BCUT2D eigenvalue weighted by atomic mass is 10.1. The lowest BCUT2D eigenvalue weighted by Crippen LogP contribution is -2.41. The molecule has 2 amide bonds. The van der Waals surface area contributed by atoms with Gasteiger partial charge in [-0.25, -0.2) is 19.7 Å². The minimum Gasteiger partial charge on any atom is -0.351 e. The standard InChI is InChI=1S/C36H36N10OS/c1-3-8-31(43-35-39-21-29(18-37)34(44-35)26-12-14-32-28(17-26)23-42-48-32)11-7-16-46(36(47)40-19-25-9-5-4-6-10-25)33-15-13-27(20-38-33)30-22-41-45(2)24-30/h4-6,9-10,12-15,17,20-24,31H,3,7-8,11,16,19H2,1-2H3,(H,40,47)(H,39,43,44)/t31-/m0/s1. The summed E-state index contributed by atoms with van der Waals surface area (Å²) in [6.45, 7) is 3.02. The lowest BCUT2D eigenvalue weighted by Gasteiger charge is -2.24. The minimum absolute atomic E-state index is 0.0643. The molecular formula is C36H36N10OS. The highest BCUT2D eigenvalue weighted by Crippen LogP contribution is 2.28. The fourth-order valence-electron chi connectivity index (χ4n) is 5.56. The lowest BCUT2D eigenvalue weighted by molar-refractivity contribution is 0.245. The molecular weight excluding hydrogens is 621 g/mol. The molecule has 6 rings (SSSR count). The Kier molecular flexibility index (Phi) is 10.3. The molecule has 0 aliphatic heterocycles. The third-order valence-corrected chi connectivity index (χ3v) is 8.81. The number of nitriles is 1. The molecule has 6 aromatic rings. The van der Waals surface area contributed by atoms with Gasteiger partial charge in [0.15, 0.2) is 0 Å². The summed E-state index contributed by atoms with van der Waals surface area (Å²) in [4.78, 5) is 29.2. The van der Waals surface area contributed by atoms with E-state index in [4.69, 9.17) is 4.98 Å². The van der Waals surface area contributed by atoms with Crippen LogP contribution in [0.1, 0.15) is 43.7 Å². The van der Waals surface area contributed by atoms with E-state index in [1.807, 2.05) is 80.1 Å². The fourth-order valence-corrected chi connectivity index (χ4v) is 6.19. The van der Waals surface area contributed by atoms with Gasteiger partial charge in [0, 0.05) is 66.8 Å². The first-order valence-electron chi connectivity index (χ1n) is 15.9. The SMILES string of the molecule is CCC[C@@H](CCCN(C(=O)NCc1ccccc1)c1ccc(-c2cnn(C)c2)cn1)Nc1ncc(C#N)c(-c2ccc3sncc3c2)n1. The number of carbonyl (C=O) groups is 1. The maximum Gasteiger partial charge on any atom is 0.323 e. The molecule has 0 radical (unpaired) electrons. The van der Waals surface area contributed by atoms with Crippen molar-refractivity contribution in [3.63, 3.8) is 0 Å². The second-order valence-electron chi connectivity index (χ2n) is 11.5. The third-order valence-electron chi connectivity index (χ3n) is 8.03. The number of benzene rings is 2.